The molecule has 0 radical (unpaired) electrons. The minimum absolute atomic E-state index is 0.0747. The molecular weight excluding hydrogens is 388 g/mol. The highest BCUT2D eigenvalue weighted by Gasteiger charge is 2.29. The molecule has 1 heterocycles. The van der Waals surface area contributed by atoms with Crippen molar-refractivity contribution in [2.45, 2.75) is 45.4 Å². The van der Waals surface area contributed by atoms with Crippen molar-refractivity contribution in [1.29, 1.82) is 0 Å². The number of pyridine rings is 1. The lowest BCUT2D eigenvalue weighted by molar-refractivity contribution is 0.201. The quantitative estimate of drug-likeness (QED) is 0.574. The van der Waals surface area contributed by atoms with Gasteiger partial charge >= 0.3 is 0 Å². The van der Waals surface area contributed by atoms with Gasteiger partial charge in [0.15, 0.2) is 5.43 Å². The summed E-state index contributed by atoms with van der Waals surface area (Å²) in [6.07, 6.45) is 5.51. The third-order valence-corrected chi connectivity index (χ3v) is 5.80. The third-order valence-electron chi connectivity index (χ3n) is 5.16. The number of halogens is 1. The highest BCUT2D eigenvalue weighted by Crippen LogP contribution is 2.30. The summed E-state index contributed by atoms with van der Waals surface area (Å²) in [7, 11) is 0. The number of aromatic nitrogens is 1. The van der Waals surface area contributed by atoms with Gasteiger partial charge in [0.25, 0.3) is 0 Å². The lowest BCUT2D eigenvalue weighted by Gasteiger charge is -2.25. The van der Waals surface area contributed by atoms with Gasteiger partial charge in [0, 0.05) is 34.7 Å². The monoisotopic (exact) mass is 410 g/mol. The van der Waals surface area contributed by atoms with E-state index in [1.165, 1.54) is 24.0 Å². The minimum Gasteiger partial charge on any atom is -0.333 e. The Morgan fingerprint density at radius 1 is 1.08 bits per heavy atom. The zero-order valence-corrected chi connectivity index (χ0v) is 16.6. The Balaban J connectivity index is 1.64. The third kappa shape index (κ3) is 3.62. The maximum Gasteiger partial charge on any atom is 0.189 e. The van der Waals surface area contributed by atoms with Crippen molar-refractivity contribution in [1.82, 2.24) is 9.47 Å². The van der Waals surface area contributed by atoms with Crippen molar-refractivity contribution in [3.05, 3.63) is 80.6 Å². The summed E-state index contributed by atoms with van der Waals surface area (Å²) in [5.74, 6) is 0. The second-order valence-electron chi connectivity index (χ2n) is 7.08. The molecular formula is C22H23BrN2O. The average molecular weight is 411 g/mol. The van der Waals surface area contributed by atoms with Crippen LogP contribution >= 0.6 is 15.9 Å². The largest absolute Gasteiger partial charge is 0.333 e. The molecule has 2 aromatic carbocycles. The number of rotatable bonds is 6. The van der Waals surface area contributed by atoms with Crippen molar-refractivity contribution in [2.24, 2.45) is 0 Å². The lowest BCUT2D eigenvalue weighted by Crippen LogP contribution is -2.29. The van der Waals surface area contributed by atoms with Gasteiger partial charge in [0.1, 0.15) is 0 Å². The number of aryl methyl sites for hydroxylation is 1. The summed E-state index contributed by atoms with van der Waals surface area (Å²) in [5.41, 5.74) is 3.78. The van der Waals surface area contributed by atoms with Crippen LogP contribution in [0.5, 0.6) is 0 Å². The van der Waals surface area contributed by atoms with Crippen LogP contribution < -0.4 is 5.43 Å². The molecule has 1 saturated carbocycles. The summed E-state index contributed by atoms with van der Waals surface area (Å²) in [4.78, 5) is 14.7. The van der Waals surface area contributed by atoms with E-state index in [9.17, 15) is 4.79 Å². The van der Waals surface area contributed by atoms with E-state index in [2.05, 4.69) is 56.6 Å². The van der Waals surface area contributed by atoms with Gasteiger partial charge < -0.3 is 4.57 Å². The molecule has 1 fully saturated rings. The highest BCUT2D eigenvalue weighted by atomic mass is 79.9. The zero-order chi connectivity index (χ0) is 18.1. The molecule has 134 valence electrons. The summed E-state index contributed by atoms with van der Waals surface area (Å²) in [6.45, 7) is 3.91. The smallest absolute Gasteiger partial charge is 0.189 e. The first-order valence-corrected chi connectivity index (χ1v) is 10.0. The molecule has 0 amide bonds. The SMILES string of the molecule is CCc1ccc(CN(Cn2ccc(=O)c3cccc(Br)c32)C2CC2)cc1. The van der Waals surface area contributed by atoms with E-state index in [1.54, 1.807) is 6.07 Å². The molecule has 4 rings (SSSR count). The van der Waals surface area contributed by atoms with Crippen molar-refractivity contribution < 1.29 is 0 Å². The van der Waals surface area contributed by atoms with Gasteiger partial charge in [-0.05, 0) is 58.5 Å². The van der Waals surface area contributed by atoms with Crippen LogP contribution in [0.3, 0.4) is 0 Å². The summed E-state index contributed by atoms with van der Waals surface area (Å²) < 4.78 is 3.16. The van der Waals surface area contributed by atoms with Gasteiger partial charge in [0.2, 0.25) is 0 Å². The fraction of sp³-hybridized carbons (Fsp3) is 0.318. The lowest BCUT2D eigenvalue weighted by atomic mass is 10.1. The molecule has 0 unspecified atom stereocenters. The first-order valence-electron chi connectivity index (χ1n) is 9.25. The van der Waals surface area contributed by atoms with Crippen LogP contribution in [0.1, 0.15) is 30.9 Å². The second-order valence-corrected chi connectivity index (χ2v) is 7.93. The molecule has 0 spiro atoms. The van der Waals surface area contributed by atoms with E-state index >= 15 is 0 Å². The average Bonchev–Trinajstić information content (AvgIpc) is 3.49. The van der Waals surface area contributed by atoms with Gasteiger partial charge in [-0.25, -0.2) is 0 Å². The topological polar surface area (TPSA) is 25.2 Å². The van der Waals surface area contributed by atoms with Gasteiger partial charge in [-0.2, -0.15) is 0 Å². The van der Waals surface area contributed by atoms with Crippen LogP contribution in [-0.2, 0) is 19.6 Å². The normalized spacial score (nSPS) is 14.3. The predicted molar refractivity (Wildman–Crippen MR) is 110 cm³/mol. The number of fused-ring (bicyclic) bond motifs is 1. The minimum atomic E-state index is 0.0747. The predicted octanol–water partition coefficient (Wildman–Crippen LogP) is 4.95. The molecule has 0 N–H and O–H groups in total. The summed E-state index contributed by atoms with van der Waals surface area (Å²) in [6, 6.07) is 17.1. The Morgan fingerprint density at radius 3 is 2.50 bits per heavy atom. The van der Waals surface area contributed by atoms with Gasteiger partial charge in [-0.1, -0.05) is 37.3 Å². The maximum atomic E-state index is 12.2. The van der Waals surface area contributed by atoms with Crippen molar-refractivity contribution in [2.75, 3.05) is 0 Å². The number of hydrogen-bond acceptors (Lipinski definition) is 2. The molecule has 0 aliphatic heterocycles. The first-order chi connectivity index (χ1) is 12.7. The number of nitrogens with zero attached hydrogens (tertiary/aromatic N) is 2. The fourth-order valence-electron chi connectivity index (χ4n) is 3.49. The Hall–Kier alpha value is -1.91. The molecule has 1 aliphatic carbocycles. The maximum absolute atomic E-state index is 12.2. The van der Waals surface area contributed by atoms with Crippen LogP contribution in [0, 0.1) is 0 Å². The van der Waals surface area contributed by atoms with E-state index in [-0.39, 0.29) is 5.43 Å². The van der Waals surface area contributed by atoms with Gasteiger partial charge in [-0.3, -0.25) is 9.69 Å². The molecule has 0 atom stereocenters. The molecule has 0 bridgehead atoms. The van der Waals surface area contributed by atoms with E-state index in [0.29, 0.717) is 6.04 Å². The Labute approximate surface area is 162 Å². The number of benzene rings is 2. The van der Waals surface area contributed by atoms with E-state index < -0.39 is 0 Å². The zero-order valence-electron chi connectivity index (χ0n) is 15.0. The molecule has 26 heavy (non-hydrogen) atoms. The summed E-state index contributed by atoms with van der Waals surface area (Å²) in [5, 5.41) is 0.768. The molecule has 3 aromatic rings. The molecule has 1 aromatic heterocycles. The van der Waals surface area contributed by atoms with Crippen LogP contribution in [-0.4, -0.2) is 15.5 Å². The van der Waals surface area contributed by atoms with Gasteiger partial charge in [0.05, 0.1) is 12.2 Å². The van der Waals surface area contributed by atoms with Gasteiger partial charge in [-0.15, -0.1) is 0 Å². The van der Waals surface area contributed by atoms with Crippen LogP contribution in [0.4, 0.5) is 0 Å². The van der Waals surface area contributed by atoms with Crippen molar-refractivity contribution >= 4 is 26.8 Å². The number of hydrogen-bond donors (Lipinski definition) is 0. The Morgan fingerprint density at radius 2 is 1.81 bits per heavy atom. The van der Waals surface area contributed by atoms with E-state index in [0.717, 1.165) is 35.0 Å². The Bertz CT molecular complexity index is 974. The standard InChI is InChI=1S/C22H23BrN2O/c1-2-16-6-8-17(9-7-16)14-25(18-10-11-18)15-24-13-12-21(26)19-4-3-5-20(23)22(19)24/h3-9,12-13,18H,2,10-11,14-15H2,1H3. The second kappa shape index (κ2) is 7.37. The van der Waals surface area contributed by atoms with Crippen molar-refractivity contribution in [3.8, 4) is 0 Å². The highest BCUT2D eigenvalue weighted by molar-refractivity contribution is 9.10. The Kier molecular flexibility index (Phi) is 4.96. The van der Waals surface area contributed by atoms with E-state index in [4.69, 9.17) is 0 Å². The molecule has 3 nitrogen and oxygen atoms in total. The summed E-state index contributed by atoms with van der Waals surface area (Å²) >= 11 is 3.63. The number of para-hydroxylation sites is 1. The van der Waals surface area contributed by atoms with Crippen LogP contribution in [0.2, 0.25) is 0 Å². The van der Waals surface area contributed by atoms with E-state index in [1.807, 2.05) is 24.4 Å². The molecule has 1 aliphatic rings. The first kappa shape index (κ1) is 17.5. The molecule has 0 saturated heterocycles. The van der Waals surface area contributed by atoms with Crippen LogP contribution in [0.15, 0.2) is 64.0 Å². The fourth-order valence-corrected chi connectivity index (χ4v) is 4.08. The van der Waals surface area contributed by atoms with Crippen LogP contribution in [0.25, 0.3) is 10.9 Å². The molecule has 4 heteroatoms. The van der Waals surface area contributed by atoms with Crippen molar-refractivity contribution in [3.63, 3.8) is 0 Å².